The number of anilines is 1. The maximum Gasteiger partial charge on any atom is 0.573 e. The second-order valence-corrected chi connectivity index (χ2v) is 6.56. The Morgan fingerprint density at radius 2 is 1.61 bits per heavy atom. The predicted molar refractivity (Wildman–Crippen MR) is 112 cm³/mol. The lowest BCUT2D eigenvalue weighted by atomic mass is 10.2. The first-order valence-electron chi connectivity index (χ1n) is 9.50. The average molecular weight is 466 g/mol. The fourth-order valence-electron chi connectivity index (χ4n) is 2.41. The number of rotatable bonds is 9. The lowest BCUT2D eigenvalue weighted by Crippen LogP contribution is -2.39. The average Bonchev–Trinajstić information content (AvgIpc) is 2.76. The summed E-state index contributed by atoms with van der Waals surface area (Å²) in [5.41, 5.74) is 0.923. The number of nitrogens with one attached hydrogen (secondary N) is 2. The second kappa shape index (κ2) is 11.6. The van der Waals surface area contributed by atoms with Crippen LogP contribution in [-0.4, -0.2) is 43.9 Å². The number of amides is 2. The number of ether oxygens (including phenoxy) is 3. The van der Waals surface area contributed by atoms with Crippen molar-refractivity contribution >= 4 is 29.5 Å². The Kier molecular flexibility index (Phi) is 8.84. The van der Waals surface area contributed by atoms with Crippen LogP contribution in [-0.2, 0) is 19.1 Å². The number of methoxy groups -OCH3 is 1. The van der Waals surface area contributed by atoms with E-state index in [9.17, 15) is 27.6 Å². The van der Waals surface area contributed by atoms with E-state index in [1.165, 1.54) is 32.2 Å². The molecule has 2 aromatic carbocycles. The van der Waals surface area contributed by atoms with Gasteiger partial charge in [-0.2, -0.15) is 0 Å². The third kappa shape index (κ3) is 9.33. The Hall–Kier alpha value is -4.02. The van der Waals surface area contributed by atoms with Gasteiger partial charge in [0.1, 0.15) is 17.5 Å². The lowest BCUT2D eigenvalue weighted by molar-refractivity contribution is -0.274. The highest BCUT2D eigenvalue weighted by Crippen LogP contribution is 2.23. The van der Waals surface area contributed by atoms with Crippen molar-refractivity contribution in [3.63, 3.8) is 0 Å². The van der Waals surface area contributed by atoms with Gasteiger partial charge in [0, 0.05) is 11.8 Å². The summed E-state index contributed by atoms with van der Waals surface area (Å²) in [5.74, 6) is -1.88. The molecule has 2 aromatic rings. The zero-order chi connectivity index (χ0) is 24.4. The van der Waals surface area contributed by atoms with Crippen molar-refractivity contribution in [3.05, 3.63) is 60.2 Å². The molecule has 2 amide bonds. The molecule has 11 heteroatoms. The summed E-state index contributed by atoms with van der Waals surface area (Å²) in [4.78, 5) is 35.8. The summed E-state index contributed by atoms with van der Waals surface area (Å²) in [7, 11) is 1.54. The molecule has 33 heavy (non-hydrogen) atoms. The summed E-state index contributed by atoms with van der Waals surface area (Å²) in [6.07, 6.45) is -2.04. The Labute approximate surface area is 187 Å². The molecule has 176 valence electrons. The maximum absolute atomic E-state index is 12.1. The van der Waals surface area contributed by atoms with Gasteiger partial charge in [-0.25, -0.2) is 4.79 Å². The molecular weight excluding hydrogens is 445 g/mol. The van der Waals surface area contributed by atoms with E-state index in [-0.39, 0.29) is 5.69 Å². The number of halogens is 3. The maximum atomic E-state index is 12.1. The molecule has 1 unspecified atom stereocenters. The third-order valence-electron chi connectivity index (χ3n) is 3.97. The number of hydrogen-bond donors (Lipinski definition) is 2. The van der Waals surface area contributed by atoms with Crippen molar-refractivity contribution in [2.24, 2.45) is 0 Å². The summed E-state index contributed by atoms with van der Waals surface area (Å²) >= 11 is 0. The fourth-order valence-corrected chi connectivity index (χ4v) is 2.41. The van der Waals surface area contributed by atoms with Crippen LogP contribution in [0.3, 0.4) is 0 Å². The molecule has 0 spiro atoms. The standard InChI is InChI=1S/C22H21F3N2O6/c1-14(26-19(28)12-5-15-3-8-17(31-2)9-4-15)21(30)32-13-20(29)27-16-6-10-18(11-7-16)33-22(23,24)25/h3-12,14H,13H2,1-2H3,(H,26,28)(H,27,29). The molecule has 0 saturated heterocycles. The van der Waals surface area contributed by atoms with Gasteiger partial charge in [-0.15, -0.1) is 13.2 Å². The van der Waals surface area contributed by atoms with Gasteiger partial charge in [-0.05, 0) is 55.0 Å². The molecular formula is C22H21F3N2O6. The fraction of sp³-hybridized carbons (Fsp3) is 0.227. The van der Waals surface area contributed by atoms with E-state index in [4.69, 9.17) is 9.47 Å². The molecule has 0 bridgehead atoms. The molecule has 0 aliphatic heterocycles. The molecule has 0 aliphatic carbocycles. The van der Waals surface area contributed by atoms with E-state index >= 15 is 0 Å². The Bertz CT molecular complexity index is 989. The molecule has 0 aliphatic rings. The lowest BCUT2D eigenvalue weighted by Gasteiger charge is -2.12. The Morgan fingerprint density at radius 3 is 2.18 bits per heavy atom. The molecule has 2 N–H and O–H groups in total. The zero-order valence-electron chi connectivity index (χ0n) is 17.6. The number of hydrogen-bond acceptors (Lipinski definition) is 6. The number of esters is 1. The first-order chi connectivity index (χ1) is 15.6. The normalized spacial score (nSPS) is 12.0. The molecule has 1 atom stereocenters. The van der Waals surface area contributed by atoms with E-state index in [0.717, 1.165) is 17.7 Å². The van der Waals surface area contributed by atoms with Crippen molar-refractivity contribution in [1.82, 2.24) is 5.32 Å². The van der Waals surface area contributed by atoms with Crippen molar-refractivity contribution < 1.29 is 41.8 Å². The number of alkyl halides is 3. The predicted octanol–water partition coefficient (Wildman–Crippen LogP) is 3.29. The summed E-state index contributed by atoms with van der Waals surface area (Å²) in [6, 6.07) is 10.4. The van der Waals surface area contributed by atoms with Crippen LogP contribution in [0.15, 0.2) is 54.6 Å². The van der Waals surface area contributed by atoms with E-state index < -0.39 is 42.5 Å². The van der Waals surface area contributed by atoms with Crippen LogP contribution in [0.5, 0.6) is 11.5 Å². The van der Waals surface area contributed by atoms with E-state index in [0.29, 0.717) is 5.75 Å². The van der Waals surface area contributed by atoms with Crippen LogP contribution >= 0.6 is 0 Å². The monoisotopic (exact) mass is 466 g/mol. The first-order valence-corrected chi connectivity index (χ1v) is 9.50. The summed E-state index contributed by atoms with van der Waals surface area (Å²) < 4.78 is 50.0. The number of carbonyl (C=O) groups excluding carboxylic acids is 3. The van der Waals surface area contributed by atoms with Gasteiger partial charge < -0.3 is 24.8 Å². The van der Waals surface area contributed by atoms with Gasteiger partial charge in [0.2, 0.25) is 5.91 Å². The van der Waals surface area contributed by atoms with Crippen molar-refractivity contribution in [2.45, 2.75) is 19.3 Å². The number of benzene rings is 2. The molecule has 0 fully saturated rings. The van der Waals surface area contributed by atoms with Crippen LogP contribution in [0, 0.1) is 0 Å². The Morgan fingerprint density at radius 1 is 1.00 bits per heavy atom. The largest absolute Gasteiger partial charge is 0.573 e. The summed E-state index contributed by atoms with van der Waals surface area (Å²) in [5, 5.41) is 4.76. The molecule has 0 heterocycles. The Balaban J connectivity index is 1.75. The van der Waals surface area contributed by atoms with Crippen molar-refractivity contribution in [2.75, 3.05) is 19.0 Å². The van der Waals surface area contributed by atoms with Crippen LogP contribution in [0.25, 0.3) is 6.08 Å². The quantitative estimate of drug-likeness (QED) is 0.434. The third-order valence-corrected chi connectivity index (χ3v) is 3.97. The highest BCUT2D eigenvalue weighted by molar-refractivity contribution is 5.96. The minimum atomic E-state index is -4.82. The topological polar surface area (TPSA) is 103 Å². The molecule has 0 aromatic heterocycles. The SMILES string of the molecule is COc1ccc(C=CC(=O)NC(C)C(=O)OCC(=O)Nc2ccc(OC(F)(F)F)cc2)cc1. The summed E-state index contributed by atoms with van der Waals surface area (Å²) in [6.45, 7) is 0.736. The number of carbonyl (C=O) groups is 3. The van der Waals surface area contributed by atoms with Gasteiger partial charge in [-0.1, -0.05) is 12.1 Å². The molecule has 8 nitrogen and oxygen atoms in total. The van der Waals surface area contributed by atoms with Crippen molar-refractivity contribution in [3.8, 4) is 11.5 Å². The smallest absolute Gasteiger partial charge is 0.497 e. The van der Waals surface area contributed by atoms with Crippen molar-refractivity contribution in [1.29, 1.82) is 0 Å². The zero-order valence-corrected chi connectivity index (χ0v) is 17.6. The first kappa shape index (κ1) is 25.2. The second-order valence-electron chi connectivity index (χ2n) is 6.56. The van der Waals surface area contributed by atoms with E-state index in [1.54, 1.807) is 30.3 Å². The highest BCUT2D eigenvalue weighted by Gasteiger charge is 2.31. The minimum Gasteiger partial charge on any atom is -0.497 e. The van der Waals surface area contributed by atoms with Gasteiger partial charge >= 0.3 is 12.3 Å². The van der Waals surface area contributed by atoms with Gasteiger partial charge in [-0.3, -0.25) is 9.59 Å². The molecule has 2 rings (SSSR count). The van der Waals surface area contributed by atoms with Crippen LogP contribution in [0.4, 0.5) is 18.9 Å². The molecule has 0 saturated carbocycles. The highest BCUT2D eigenvalue weighted by atomic mass is 19.4. The van der Waals surface area contributed by atoms with E-state index in [2.05, 4.69) is 15.4 Å². The van der Waals surface area contributed by atoms with Gasteiger partial charge in [0.15, 0.2) is 6.61 Å². The van der Waals surface area contributed by atoms with Gasteiger partial charge in [0.05, 0.1) is 7.11 Å². The van der Waals surface area contributed by atoms with Gasteiger partial charge in [0.25, 0.3) is 5.91 Å². The van der Waals surface area contributed by atoms with Crippen LogP contribution < -0.4 is 20.1 Å². The minimum absolute atomic E-state index is 0.176. The van der Waals surface area contributed by atoms with Crippen LogP contribution in [0.2, 0.25) is 0 Å². The van der Waals surface area contributed by atoms with E-state index in [1.807, 2.05) is 0 Å². The molecule has 0 radical (unpaired) electrons. The van der Waals surface area contributed by atoms with Crippen LogP contribution in [0.1, 0.15) is 12.5 Å².